The van der Waals surface area contributed by atoms with Crippen molar-refractivity contribution in [2.45, 2.75) is 26.3 Å². The summed E-state index contributed by atoms with van der Waals surface area (Å²) in [6, 6.07) is 11.7. The van der Waals surface area contributed by atoms with Gasteiger partial charge in [0, 0.05) is 0 Å². The summed E-state index contributed by atoms with van der Waals surface area (Å²) in [5.41, 5.74) is 7.41. The first-order valence-corrected chi connectivity index (χ1v) is 7.56. The van der Waals surface area contributed by atoms with Gasteiger partial charge in [0.25, 0.3) is 5.56 Å². The van der Waals surface area contributed by atoms with Crippen LogP contribution in [0.15, 0.2) is 47.3 Å². The Balaban J connectivity index is 2.46. The number of aromatic nitrogens is 2. The molecule has 23 heavy (non-hydrogen) atoms. The average molecular weight is 311 g/mol. The average Bonchev–Trinajstić information content (AvgIpc) is 2.53. The molecule has 5 heteroatoms. The van der Waals surface area contributed by atoms with Crippen LogP contribution >= 0.6 is 0 Å². The van der Waals surface area contributed by atoms with Crippen LogP contribution < -0.4 is 11.3 Å². The molecule has 0 spiro atoms. The zero-order chi connectivity index (χ0) is 16.6. The summed E-state index contributed by atoms with van der Waals surface area (Å²) in [4.78, 5) is 17.4. The lowest BCUT2D eigenvalue weighted by atomic mass is 10.1. The number of hydrogen-bond acceptors (Lipinski definition) is 3. The lowest BCUT2D eigenvalue weighted by Gasteiger charge is -2.17. The maximum absolute atomic E-state index is 14.3. The second-order valence-corrected chi connectivity index (χ2v) is 5.60. The number of para-hydroxylation sites is 1. The van der Waals surface area contributed by atoms with E-state index in [0.29, 0.717) is 23.4 Å². The molecule has 3 rings (SSSR count). The summed E-state index contributed by atoms with van der Waals surface area (Å²) in [5.74, 6) is -0.111. The van der Waals surface area contributed by atoms with Gasteiger partial charge in [0.05, 0.1) is 17.2 Å². The summed E-state index contributed by atoms with van der Waals surface area (Å²) in [7, 11) is 0. The van der Waals surface area contributed by atoms with E-state index in [4.69, 9.17) is 5.73 Å². The molecule has 0 saturated carbocycles. The summed E-state index contributed by atoms with van der Waals surface area (Å²) < 4.78 is 15.7. The standard InChI is InChI=1S/C18H18FN3O/c1-3-14(20)17-21-15-10-11(2)9-13(19)16(15)18(23)22(17)12-7-5-4-6-8-12/h4-10,14H,3,20H2,1-2H3/t14-/m0/s1. The quantitative estimate of drug-likeness (QED) is 0.807. The Bertz CT molecular complexity index is 919. The maximum Gasteiger partial charge on any atom is 0.269 e. The zero-order valence-corrected chi connectivity index (χ0v) is 13.1. The van der Waals surface area contributed by atoms with E-state index in [-0.39, 0.29) is 5.39 Å². The number of aryl methyl sites for hydroxylation is 1. The smallest absolute Gasteiger partial charge is 0.269 e. The van der Waals surface area contributed by atoms with Gasteiger partial charge in [-0.15, -0.1) is 0 Å². The highest BCUT2D eigenvalue weighted by molar-refractivity contribution is 5.79. The molecule has 0 aliphatic heterocycles. The second kappa shape index (κ2) is 5.93. The first-order chi connectivity index (χ1) is 11.0. The van der Waals surface area contributed by atoms with E-state index in [0.717, 1.165) is 5.56 Å². The molecule has 1 atom stereocenters. The van der Waals surface area contributed by atoms with Crippen molar-refractivity contribution in [1.29, 1.82) is 0 Å². The molecule has 0 aliphatic rings. The minimum Gasteiger partial charge on any atom is -0.321 e. The van der Waals surface area contributed by atoms with Crippen LogP contribution in [0, 0.1) is 12.7 Å². The molecule has 0 bridgehead atoms. The number of halogens is 1. The topological polar surface area (TPSA) is 60.9 Å². The normalized spacial score (nSPS) is 12.5. The van der Waals surface area contributed by atoms with Crippen LogP contribution in [0.4, 0.5) is 4.39 Å². The number of benzene rings is 2. The molecule has 0 saturated heterocycles. The molecule has 0 amide bonds. The van der Waals surface area contributed by atoms with Gasteiger partial charge in [-0.1, -0.05) is 25.1 Å². The van der Waals surface area contributed by atoms with Crippen LogP contribution in [0.1, 0.15) is 30.8 Å². The van der Waals surface area contributed by atoms with Gasteiger partial charge < -0.3 is 5.73 Å². The monoisotopic (exact) mass is 311 g/mol. The minimum absolute atomic E-state index is 0.00786. The number of nitrogens with two attached hydrogens (primary N) is 1. The summed E-state index contributed by atoms with van der Waals surface area (Å²) in [6.07, 6.45) is 0.624. The molecule has 118 valence electrons. The fourth-order valence-corrected chi connectivity index (χ4v) is 2.67. The molecular weight excluding hydrogens is 293 g/mol. The fourth-order valence-electron chi connectivity index (χ4n) is 2.67. The Hall–Kier alpha value is -2.53. The number of fused-ring (bicyclic) bond motifs is 1. The SMILES string of the molecule is CC[C@H](N)c1nc2cc(C)cc(F)c2c(=O)n1-c1ccccc1. The molecule has 0 radical (unpaired) electrons. The van der Waals surface area contributed by atoms with Gasteiger partial charge in [-0.25, -0.2) is 9.37 Å². The largest absolute Gasteiger partial charge is 0.321 e. The third-order valence-electron chi connectivity index (χ3n) is 3.88. The molecule has 1 heterocycles. The van der Waals surface area contributed by atoms with Crippen molar-refractivity contribution in [2.24, 2.45) is 5.73 Å². The molecule has 0 fully saturated rings. The lowest BCUT2D eigenvalue weighted by Crippen LogP contribution is -2.28. The Labute approximate surface area is 133 Å². The minimum atomic E-state index is -0.557. The predicted octanol–water partition coefficient (Wildman–Crippen LogP) is 3.24. The van der Waals surface area contributed by atoms with Crippen molar-refractivity contribution in [3.8, 4) is 5.69 Å². The predicted molar refractivity (Wildman–Crippen MR) is 89.3 cm³/mol. The second-order valence-electron chi connectivity index (χ2n) is 5.60. The summed E-state index contributed by atoms with van der Waals surface area (Å²) in [5, 5.41) is -0.00786. The van der Waals surface area contributed by atoms with Gasteiger partial charge in [-0.2, -0.15) is 0 Å². The van der Waals surface area contributed by atoms with Gasteiger partial charge in [-0.3, -0.25) is 9.36 Å². The summed E-state index contributed by atoms with van der Waals surface area (Å²) in [6.45, 7) is 3.69. The Morgan fingerprint density at radius 3 is 2.61 bits per heavy atom. The van der Waals surface area contributed by atoms with Crippen LogP contribution in [0.3, 0.4) is 0 Å². The number of rotatable bonds is 3. The third kappa shape index (κ3) is 2.64. The van der Waals surface area contributed by atoms with E-state index in [2.05, 4.69) is 4.98 Å². The molecule has 4 nitrogen and oxygen atoms in total. The van der Waals surface area contributed by atoms with Crippen molar-refractivity contribution in [2.75, 3.05) is 0 Å². The Kier molecular flexibility index (Phi) is 3.96. The first-order valence-electron chi connectivity index (χ1n) is 7.56. The van der Waals surface area contributed by atoms with Crippen molar-refractivity contribution in [3.05, 3.63) is 70.0 Å². The maximum atomic E-state index is 14.3. The van der Waals surface area contributed by atoms with Gasteiger partial charge in [0.2, 0.25) is 0 Å². The Morgan fingerprint density at radius 2 is 1.96 bits per heavy atom. The van der Waals surface area contributed by atoms with Crippen molar-refractivity contribution in [3.63, 3.8) is 0 Å². The van der Waals surface area contributed by atoms with E-state index >= 15 is 0 Å². The lowest BCUT2D eigenvalue weighted by molar-refractivity contribution is 0.614. The van der Waals surface area contributed by atoms with E-state index in [9.17, 15) is 9.18 Å². The van der Waals surface area contributed by atoms with E-state index in [1.165, 1.54) is 10.6 Å². The van der Waals surface area contributed by atoms with Crippen LogP contribution in [-0.4, -0.2) is 9.55 Å². The molecule has 2 aromatic carbocycles. The highest BCUT2D eigenvalue weighted by Gasteiger charge is 2.19. The zero-order valence-electron chi connectivity index (χ0n) is 13.1. The molecule has 2 N–H and O–H groups in total. The highest BCUT2D eigenvalue weighted by atomic mass is 19.1. The Morgan fingerprint density at radius 1 is 1.26 bits per heavy atom. The van der Waals surface area contributed by atoms with Crippen LogP contribution in [0.2, 0.25) is 0 Å². The summed E-state index contributed by atoms with van der Waals surface area (Å²) >= 11 is 0. The van der Waals surface area contributed by atoms with E-state index in [1.54, 1.807) is 25.1 Å². The van der Waals surface area contributed by atoms with Gasteiger partial charge in [-0.05, 0) is 43.2 Å². The van der Waals surface area contributed by atoms with Crippen molar-refractivity contribution < 1.29 is 4.39 Å². The number of hydrogen-bond donors (Lipinski definition) is 1. The van der Waals surface area contributed by atoms with Crippen molar-refractivity contribution >= 4 is 10.9 Å². The van der Waals surface area contributed by atoms with Gasteiger partial charge in [0.1, 0.15) is 17.0 Å². The van der Waals surface area contributed by atoms with Gasteiger partial charge >= 0.3 is 0 Å². The van der Waals surface area contributed by atoms with Crippen molar-refractivity contribution in [1.82, 2.24) is 9.55 Å². The molecule has 0 unspecified atom stereocenters. The van der Waals surface area contributed by atoms with Gasteiger partial charge in [0.15, 0.2) is 0 Å². The van der Waals surface area contributed by atoms with Crippen LogP contribution in [0.5, 0.6) is 0 Å². The van der Waals surface area contributed by atoms with E-state index < -0.39 is 17.4 Å². The highest BCUT2D eigenvalue weighted by Crippen LogP contribution is 2.21. The molecule has 3 aromatic rings. The molecule has 1 aromatic heterocycles. The number of nitrogens with zero attached hydrogens (tertiary/aromatic N) is 2. The molecular formula is C18H18FN3O. The van der Waals surface area contributed by atoms with E-state index in [1.807, 2.05) is 25.1 Å². The molecule has 0 aliphatic carbocycles. The fraction of sp³-hybridized carbons (Fsp3) is 0.222. The third-order valence-corrected chi connectivity index (χ3v) is 3.88. The first kappa shape index (κ1) is 15.4. The van der Waals surface area contributed by atoms with Crippen LogP contribution in [0.25, 0.3) is 16.6 Å². The van der Waals surface area contributed by atoms with Crippen LogP contribution in [-0.2, 0) is 0 Å².